The summed E-state index contributed by atoms with van der Waals surface area (Å²) in [5.41, 5.74) is 0.450. The van der Waals surface area contributed by atoms with Gasteiger partial charge in [-0.25, -0.2) is 18.7 Å². The molecule has 96 valence electrons. The molecule has 7 nitrogen and oxygen atoms in total. The largest absolute Gasteiger partial charge is 0.274 e. The fourth-order valence-corrected chi connectivity index (χ4v) is 2.47. The van der Waals surface area contributed by atoms with Crippen LogP contribution in [0.25, 0.3) is 0 Å². The molecule has 0 spiro atoms. The molecule has 1 aromatic rings. The van der Waals surface area contributed by atoms with Gasteiger partial charge in [-0.05, 0) is 24.6 Å². The molecular weight excluding hydrogens is 266 g/mol. The molecule has 0 bridgehead atoms. The maximum absolute atomic E-state index is 11.1. The van der Waals surface area contributed by atoms with Crippen LogP contribution in [0.15, 0.2) is 29.2 Å². The van der Waals surface area contributed by atoms with E-state index in [1.165, 1.54) is 25.1 Å². The summed E-state index contributed by atoms with van der Waals surface area (Å²) in [5.74, 6) is 0. The van der Waals surface area contributed by atoms with E-state index in [4.69, 9.17) is 10.3 Å². The third kappa shape index (κ3) is 4.40. The van der Waals surface area contributed by atoms with Crippen LogP contribution in [0, 0.1) is 0 Å². The average molecular weight is 279 g/mol. The molecule has 0 aromatic heterocycles. The van der Waals surface area contributed by atoms with Gasteiger partial charge < -0.3 is 0 Å². The molecule has 0 saturated carbocycles. The van der Waals surface area contributed by atoms with Crippen LogP contribution in [-0.4, -0.2) is 16.8 Å². The number of nitrogens with two attached hydrogens (primary N) is 2. The number of rotatable bonds is 4. The van der Waals surface area contributed by atoms with E-state index < -0.39 is 26.3 Å². The normalized spacial score (nSPS) is 14.5. The molecule has 1 atom stereocenters. The van der Waals surface area contributed by atoms with E-state index in [1.807, 2.05) is 0 Å². The monoisotopic (exact) mass is 279 g/mol. The molecule has 1 unspecified atom stereocenters. The van der Waals surface area contributed by atoms with E-state index in [-0.39, 0.29) is 4.90 Å². The molecule has 5 N–H and O–H groups in total. The first kappa shape index (κ1) is 14.1. The van der Waals surface area contributed by atoms with Crippen LogP contribution < -0.4 is 15.0 Å². The van der Waals surface area contributed by atoms with E-state index in [1.54, 1.807) is 6.07 Å². The first-order valence-corrected chi connectivity index (χ1v) is 7.62. The third-order valence-corrected chi connectivity index (χ3v) is 3.62. The zero-order valence-corrected chi connectivity index (χ0v) is 10.6. The molecule has 0 aliphatic carbocycles. The second-order valence-electron chi connectivity index (χ2n) is 3.50. The van der Waals surface area contributed by atoms with Crippen molar-refractivity contribution < 1.29 is 16.8 Å². The Morgan fingerprint density at radius 3 is 2.24 bits per heavy atom. The van der Waals surface area contributed by atoms with E-state index in [0.29, 0.717) is 5.56 Å². The van der Waals surface area contributed by atoms with Gasteiger partial charge in [-0.1, -0.05) is 12.1 Å². The molecule has 0 heterocycles. The predicted octanol–water partition coefficient (Wildman–Crippen LogP) is -0.812. The van der Waals surface area contributed by atoms with E-state index in [0.717, 1.165) is 0 Å². The summed E-state index contributed by atoms with van der Waals surface area (Å²) >= 11 is 0. The maximum atomic E-state index is 11.1. The highest BCUT2D eigenvalue weighted by Crippen LogP contribution is 2.16. The molecule has 0 aliphatic heterocycles. The Labute approximate surface area is 100 Å². The Bertz CT molecular complexity index is 609. The molecule has 1 rings (SSSR count). The Balaban J connectivity index is 3.09. The first-order valence-electron chi connectivity index (χ1n) is 4.52. The Kier molecular flexibility index (Phi) is 3.89. The number of nitrogens with one attached hydrogen (secondary N) is 1. The quantitative estimate of drug-likeness (QED) is 0.664. The molecule has 9 heteroatoms. The van der Waals surface area contributed by atoms with Crippen molar-refractivity contribution in [1.82, 2.24) is 4.72 Å². The van der Waals surface area contributed by atoms with Gasteiger partial charge in [0.15, 0.2) is 0 Å². The Morgan fingerprint density at radius 2 is 1.76 bits per heavy atom. The summed E-state index contributed by atoms with van der Waals surface area (Å²) < 4.78 is 46.0. The Morgan fingerprint density at radius 1 is 1.18 bits per heavy atom. The zero-order valence-electron chi connectivity index (χ0n) is 8.99. The fourth-order valence-electron chi connectivity index (χ4n) is 1.28. The van der Waals surface area contributed by atoms with Crippen LogP contribution in [0.2, 0.25) is 0 Å². The van der Waals surface area contributed by atoms with Crippen molar-refractivity contribution in [3.05, 3.63) is 29.8 Å². The van der Waals surface area contributed by atoms with Crippen molar-refractivity contribution in [3.8, 4) is 0 Å². The number of sulfonamides is 1. The molecule has 17 heavy (non-hydrogen) atoms. The summed E-state index contributed by atoms with van der Waals surface area (Å²) in [5, 5.41) is 9.78. The van der Waals surface area contributed by atoms with Crippen LogP contribution in [0.4, 0.5) is 0 Å². The minimum atomic E-state index is -3.85. The smallest absolute Gasteiger partial charge is 0.225 e. The van der Waals surface area contributed by atoms with Crippen molar-refractivity contribution >= 4 is 20.2 Å². The van der Waals surface area contributed by atoms with Gasteiger partial charge in [-0.15, -0.1) is 0 Å². The van der Waals surface area contributed by atoms with Gasteiger partial charge in [0.25, 0.3) is 10.2 Å². The predicted molar refractivity (Wildman–Crippen MR) is 62.5 cm³/mol. The van der Waals surface area contributed by atoms with Gasteiger partial charge in [-0.2, -0.15) is 13.1 Å². The van der Waals surface area contributed by atoms with E-state index in [2.05, 4.69) is 4.72 Å². The molecule has 0 amide bonds. The van der Waals surface area contributed by atoms with E-state index in [9.17, 15) is 16.8 Å². The summed E-state index contributed by atoms with van der Waals surface area (Å²) in [6, 6.07) is 5.00. The van der Waals surface area contributed by atoms with Gasteiger partial charge in [0.05, 0.1) is 4.90 Å². The molecule has 0 saturated heterocycles. The van der Waals surface area contributed by atoms with Crippen molar-refractivity contribution in [2.45, 2.75) is 17.9 Å². The maximum Gasteiger partial charge on any atom is 0.274 e. The molecule has 0 fully saturated rings. The molecule has 0 radical (unpaired) electrons. The summed E-state index contributed by atoms with van der Waals surface area (Å²) in [6.45, 7) is 1.53. The average Bonchev–Trinajstić information content (AvgIpc) is 2.14. The lowest BCUT2D eigenvalue weighted by molar-refractivity contribution is 0.568. The van der Waals surface area contributed by atoms with Crippen molar-refractivity contribution in [3.63, 3.8) is 0 Å². The third-order valence-electron chi connectivity index (χ3n) is 2.03. The minimum Gasteiger partial charge on any atom is -0.225 e. The van der Waals surface area contributed by atoms with Crippen molar-refractivity contribution in [2.24, 2.45) is 10.3 Å². The van der Waals surface area contributed by atoms with Crippen LogP contribution in [0.1, 0.15) is 18.5 Å². The Hall–Kier alpha value is -1.00. The van der Waals surface area contributed by atoms with Crippen LogP contribution >= 0.6 is 0 Å². The van der Waals surface area contributed by atoms with Gasteiger partial charge >= 0.3 is 0 Å². The second-order valence-corrected chi connectivity index (χ2v) is 6.39. The van der Waals surface area contributed by atoms with Crippen LogP contribution in [-0.2, 0) is 20.2 Å². The van der Waals surface area contributed by atoms with Gasteiger partial charge in [-0.3, -0.25) is 0 Å². The summed E-state index contributed by atoms with van der Waals surface area (Å²) in [4.78, 5) is -0.0851. The standard InChI is InChI=1S/C8H13N3O4S2/c1-6(11-17(10,14)15)7-3-2-4-8(5-7)16(9,12)13/h2-6,11H,1H3,(H2,9,12,13)(H2,10,14,15). The second kappa shape index (κ2) is 4.70. The van der Waals surface area contributed by atoms with Crippen molar-refractivity contribution in [2.75, 3.05) is 0 Å². The number of benzene rings is 1. The number of hydrogen-bond donors (Lipinski definition) is 3. The molecular formula is C8H13N3O4S2. The van der Waals surface area contributed by atoms with E-state index >= 15 is 0 Å². The lowest BCUT2D eigenvalue weighted by atomic mass is 10.1. The number of primary sulfonamides is 1. The molecule has 0 aliphatic rings. The highest BCUT2D eigenvalue weighted by molar-refractivity contribution is 7.89. The fraction of sp³-hybridized carbons (Fsp3) is 0.250. The lowest BCUT2D eigenvalue weighted by Crippen LogP contribution is -2.33. The SMILES string of the molecule is CC(NS(N)(=O)=O)c1cccc(S(N)(=O)=O)c1. The number of hydrogen-bond acceptors (Lipinski definition) is 4. The van der Waals surface area contributed by atoms with Crippen LogP contribution in [0.3, 0.4) is 0 Å². The summed E-state index contributed by atoms with van der Waals surface area (Å²) in [7, 11) is -7.66. The highest BCUT2D eigenvalue weighted by Gasteiger charge is 2.14. The highest BCUT2D eigenvalue weighted by atomic mass is 32.2. The molecule has 1 aromatic carbocycles. The topological polar surface area (TPSA) is 132 Å². The van der Waals surface area contributed by atoms with Crippen LogP contribution in [0.5, 0.6) is 0 Å². The minimum absolute atomic E-state index is 0.0851. The summed E-state index contributed by atoms with van der Waals surface area (Å²) in [6.07, 6.45) is 0. The van der Waals surface area contributed by atoms with Gasteiger partial charge in [0.1, 0.15) is 0 Å². The van der Waals surface area contributed by atoms with Crippen molar-refractivity contribution in [1.29, 1.82) is 0 Å². The zero-order chi connectivity index (χ0) is 13.3. The van der Waals surface area contributed by atoms with Gasteiger partial charge in [0, 0.05) is 6.04 Å². The van der Waals surface area contributed by atoms with Gasteiger partial charge in [0.2, 0.25) is 10.0 Å². The lowest BCUT2D eigenvalue weighted by Gasteiger charge is -2.12. The first-order chi connectivity index (χ1) is 7.59.